The Morgan fingerprint density at radius 2 is 1.23 bits per heavy atom. The van der Waals surface area contributed by atoms with Gasteiger partial charge in [0, 0.05) is 26.1 Å². The zero-order chi connectivity index (χ0) is 28.0. The maximum absolute atomic E-state index is 14.4. The summed E-state index contributed by atoms with van der Waals surface area (Å²) in [4.78, 5) is 32.6. The van der Waals surface area contributed by atoms with Gasteiger partial charge in [0.25, 0.3) is 0 Å². The van der Waals surface area contributed by atoms with Gasteiger partial charge in [-0.25, -0.2) is 4.79 Å². The van der Waals surface area contributed by atoms with Gasteiger partial charge in [0.2, 0.25) is 6.08 Å². The van der Waals surface area contributed by atoms with E-state index in [-0.39, 0.29) is 18.3 Å². The number of benzene rings is 4. The predicted octanol–water partition coefficient (Wildman–Crippen LogP) is 6.74. The van der Waals surface area contributed by atoms with E-state index in [1.807, 2.05) is 91.9 Å². The van der Waals surface area contributed by atoms with Crippen LogP contribution in [0.25, 0.3) is 0 Å². The number of rotatable bonds is 15. The summed E-state index contributed by atoms with van der Waals surface area (Å²) in [6, 6.07) is 38.4. The number of isocyanates is 1. The largest absolute Gasteiger partial charge is 0.378 e. The molecule has 4 rings (SSSR count). The van der Waals surface area contributed by atoms with Crippen molar-refractivity contribution < 1.29 is 14.3 Å². The Hall–Kier alpha value is -4.15. The van der Waals surface area contributed by atoms with E-state index in [1.165, 1.54) is 0 Å². The molecule has 5 nitrogen and oxygen atoms in total. The van der Waals surface area contributed by atoms with Crippen LogP contribution < -0.4 is 0 Å². The second-order valence-electron chi connectivity index (χ2n) is 9.83. The molecule has 0 spiro atoms. The summed E-state index contributed by atoms with van der Waals surface area (Å²) in [5, 5.41) is 0. The van der Waals surface area contributed by atoms with Crippen LogP contribution in [0.3, 0.4) is 0 Å². The topological polar surface area (TPSA) is 59.0 Å². The predicted molar refractivity (Wildman–Crippen MR) is 158 cm³/mol. The van der Waals surface area contributed by atoms with Crippen molar-refractivity contribution >= 4 is 11.9 Å². The molecule has 0 bridgehead atoms. The molecular formula is C35H36N2O3. The third-order valence-corrected chi connectivity index (χ3v) is 6.95. The number of hydrogen-bond acceptors (Lipinski definition) is 5. The molecule has 0 heterocycles. The summed E-state index contributed by atoms with van der Waals surface area (Å²) in [6.07, 6.45) is 2.29. The number of aliphatic imine (C=N–C) groups is 1. The molecule has 5 heteroatoms. The van der Waals surface area contributed by atoms with E-state index in [2.05, 4.69) is 46.3 Å². The van der Waals surface area contributed by atoms with Gasteiger partial charge in [-0.1, -0.05) is 121 Å². The van der Waals surface area contributed by atoms with Crippen molar-refractivity contribution in [1.82, 2.24) is 4.90 Å². The van der Waals surface area contributed by atoms with Crippen molar-refractivity contribution in [3.8, 4) is 0 Å². The molecule has 0 N–H and O–H groups in total. The maximum atomic E-state index is 14.4. The van der Waals surface area contributed by atoms with Gasteiger partial charge in [-0.15, -0.1) is 0 Å². The Bertz CT molecular complexity index is 1300. The van der Waals surface area contributed by atoms with Gasteiger partial charge in [0.1, 0.15) is 6.04 Å². The number of hydrogen-bond donors (Lipinski definition) is 0. The smallest absolute Gasteiger partial charge is 0.235 e. The average molecular weight is 533 g/mol. The van der Waals surface area contributed by atoms with Crippen molar-refractivity contribution in [3.05, 3.63) is 144 Å². The van der Waals surface area contributed by atoms with E-state index in [1.54, 1.807) is 6.08 Å². The van der Waals surface area contributed by atoms with Crippen molar-refractivity contribution in [2.75, 3.05) is 6.61 Å². The van der Waals surface area contributed by atoms with Gasteiger partial charge in [-0.05, 0) is 35.6 Å². The summed E-state index contributed by atoms with van der Waals surface area (Å²) in [5.41, 5.74) is 4.06. The Balaban J connectivity index is 1.74. The minimum Gasteiger partial charge on any atom is -0.378 e. The van der Waals surface area contributed by atoms with E-state index < -0.39 is 12.1 Å². The summed E-state index contributed by atoms with van der Waals surface area (Å²) >= 11 is 0. The SMILES string of the molecule is CCO[C@H](CC(=O)[C@H](C(N=C=O)c1ccccc1)N(Cc1ccccc1)Cc1ccccc1)Cc1ccccc1. The summed E-state index contributed by atoms with van der Waals surface area (Å²) in [7, 11) is 0. The zero-order valence-electron chi connectivity index (χ0n) is 22.9. The van der Waals surface area contributed by atoms with Crippen LogP contribution in [0.4, 0.5) is 0 Å². The molecule has 0 aromatic heterocycles. The minimum absolute atomic E-state index is 0.0194. The Labute approximate surface area is 237 Å². The van der Waals surface area contributed by atoms with Gasteiger partial charge in [-0.3, -0.25) is 9.69 Å². The molecule has 40 heavy (non-hydrogen) atoms. The van der Waals surface area contributed by atoms with Crippen LogP contribution in [0.1, 0.15) is 41.6 Å². The van der Waals surface area contributed by atoms with E-state index in [0.29, 0.717) is 26.1 Å². The summed E-state index contributed by atoms with van der Waals surface area (Å²) < 4.78 is 6.08. The molecule has 0 amide bonds. The third kappa shape index (κ3) is 8.42. The van der Waals surface area contributed by atoms with Crippen LogP contribution in [-0.2, 0) is 33.8 Å². The number of carbonyl (C=O) groups is 1. The fourth-order valence-corrected chi connectivity index (χ4v) is 5.15. The fourth-order valence-electron chi connectivity index (χ4n) is 5.15. The van der Waals surface area contributed by atoms with E-state index in [9.17, 15) is 9.59 Å². The maximum Gasteiger partial charge on any atom is 0.235 e. The Morgan fingerprint density at radius 3 is 1.70 bits per heavy atom. The highest BCUT2D eigenvalue weighted by molar-refractivity contribution is 5.85. The van der Waals surface area contributed by atoms with E-state index >= 15 is 0 Å². The molecule has 3 atom stereocenters. The first-order chi connectivity index (χ1) is 19.7. The highest BCUT2D eigenvalue weighted by Gasteiger charge is 2.36. The molecule has 0 radical (unpaired) electrons. The molecule has 0 aliphatic carbocycles. The Morgan fingerprint density at radius 1 is 0.750 bits per heavy atom. The van der Waals surface area contributed by atoms with E-state index in [0.717, 1.165) is 22.3 Å². The monoisotopic (exact) mass is 532 g/mol. The first-order valence-corrected chi connectivity index (χ1v) is 13.8. The van der Waals surface area contributed by atoms with Crippen LogP contribution >= 0.6 is 0 Å². The lowest BCUT2D eigenvalue weighted by Gasteiger charge is -2.35. The average Bonchev–Trinajstić information content (AvgIpc) is 2.99. The van der Waals surface area contributed by atoms with Crippen LogP contribution in [0.2, 0.25) is 0 Å². The molecule has 0 fully saturated rings. The lowest BCUT2D eigenvalue weighted by Crippen LogP contribution is -2.45. The second-order valence-corrected chi connectivity index (χ2v) is 9.83. The number of ketones is 1. The second kappa shape index (κ2) is 15.4. The molecule has 0 saturated carbocycles. The molecule has 1 unspecified atom stereocenters. The fraction of sp³-hybridized carbons (Fsp3) is 0.257. The molecule has 0 aliphatic rings. The highest BCUT2D eigenvalue weighted by atomic mass is 16.5. The Kier molecular flexibility index (Phi) is 11.1. The standard InChI is InChI=1S/C35H36N2O3/c1-2-40-32(23-28-15-7-3-8-16-28)24-33(39)35(34(36-27-38)31-21-13-6-14-22-31)37(25-29-17-9-4-10-18-29)26-30-19-11-5-12-20-30/h3-22,32,34-35H,2,23-26H2,1H3/t32-,34?,35+/m0/s1. The summed E-state index contributed by atoms with van der Waals surface area (Å²) in [6.45, 7) is 3.48. The molecule has 0 aliphatic heterocycles. The third-order valence-electron chi connectivity index (χ3n) is 6.95. The van der Waals surface area contributed by atoms with Gasteiger partial charge in [0.05, 0.1) is 12.1 Å². The number of Topliss-reactive ketones (excluding diaryl/α,β-unsaturated/α-hetero) is 1. The first kappa shape index (κ1) is 28.8. The van der Waals surface area contributed by atoms with Gasteiger partial charge < -0.3 is 4.74 Å². The van der Waals surface area contributed by atoms with Crippen LogP contribution in [0, 0.1) is 0 Å². The molecule has 4 aromatic rings. The molecule has 204 valence electrons. The van der Waals surface area contributed by atoms with Crippen molar-refractivity contribution in [2.24, 2.45) is 4.99 Å². The lowest BCUT2D eigenvalue weighted by molar-refractivity contribution is -0.128. The number of ether oxygens (including phenoxy) is 1. The van der Waals surface area contributed by atoms with Crippen LogP contribution in [-0.4, -0.2) is 35.5 Å². The van der Waals surface area contributed by atoms with Gasteiger partial charge in [-0.2, -0.15) is 4.99 Å². The first-order valence-electron chi connectivity index (χ1n) is 13.8. The molecular weight excluding hydrogens is 496 g/mol. The lowest BCUT2D eigenvalue weighted by atomic mass is 9.90. The van der Waals surface area contributed by atoms with Gasteiger partial charge in [0.15, 0.2) is 5.78 Å². The summed E-state index contributed by atoms with van der Waals surface area (Å²) in [5.74, 6) is -0.0194. The van der Waals surface area contributed by atoms with Gasteiger partial charge >= 0.3 is 0 Å². The zero-order valence-corrected chi connectivity index (χ0v) is 22.9. The van der Waals surface area contributed by atoms with Crippen molar-refractivity contribution in [2.45, 2.75) is 51.0 Å². The molecule has 0 saturated heterocycles. The number of carbonyl (C=O) groups excluding carboxylic acids is 2. The molecule has 4 aromatic carbocycles. The normalized spacial score (nSPS) is 13.2. The van der Waals surface area contributed by atoms with Crippen molar-refractivity contribution in [1.29, 1.82) is 0 Å². The highest BCUT2D eigenvalue weighted by Crippen LogP contribution is 2.30. The minimum atomic E-state index is -0.711. The van der Waals surface area contributed by atoms with Crippen molar-refractivity contribution in [3.63, 3.8) is 0 Å². The van der Waals surface area contributed by atoms with E-state index in [4.69, 9.17) is 4.74 Å². The quantitative estimate of drug-likeness (QED) is 0.126. The van der Waals surface area contributed by atoms with Crippen LogP contribution in [0.5, 0.6) is 0 Å². The number of nitrogens with zero attached hydrogens (tertiary/aromatic N) is 2. The van der Waals surface area contributed by atoms with Crippen LogP contribution in [0.15, 0.2) is 126 Å².